The van der Waals surface area contributed by atoms with Gasteiger partial charge in [0.15, 0.2) is 12.2 Å². The van der Waals surface area contributed by atoms with E-state index < -0.39 is 17.5 Å². The van der Waals surface area contributed by atoms with Gasteiger partial charge in [-0.25, -0.2) is 9.59 Å². The average molecular weight is 436 g/mol. The van der Waals surface area contributed by atoms with Gasteiger partial charge in [0.25, 0.3) is 0 Å². The lowest BCUT2D eigenvalue weighted by Gasteiger charge is -2.26. The molecule has 0 fully saturated rings. The second kappa shape index (κ2) is 11.0. The Bertz CT molecular complexity index is 857. The highest BCUT2D eigenvalue weighted by molar-refractivity contribution is 6.30. The smallest absolute Gasteiger partial charge is 0.344 e. The van der Waals surface area contributed by atoms with Crippen molar-refractivity contribution in [1.82, 2.24) is 5.32 Å². The van der Waals surface area contributed by atoms with Crippen LogP contribution in [0.4, 0.5) is 0 Å². The first-order chi connectivity index (χ1) is 14.2. The summed E-state index contributed by atoms with van der Waals surface area (Å²) in [7, 11) is 0. The first-order valence-corrected chi connectivity index (χ1v) is 9.95. The van der Waals surface area contributed by atoms with Crippen molar-refractivity contribution in [2.24, 2.45) is 0 Å². The lowest BCUT2D eigenvalue weighted by atomic mass is 9.93. The number of carbonyl (C=O) groups is 2. The second-order valence-electron chi connectivity index (χ2n) is 6.90. The first kappa shape index (κ1) is 23.7. The van der Waals surface area contributed by atoms with Gasteiger partial charge >= 0.3 is 11.9 Å². The SMILES string of the molecule is CCOC(=O)COc1ccc(CC(C)NCC(O)(C(=O)O)c2cccc(Cl)c2)cc1. The Hall–Kier alpha value is -2.61. The summed E-state index contributed by atoms with van der Waals surface area (Å²) in [6.45, 7) is 3.60. The molecule has 0 heterocycles. The molecule has 0 amide bonds. The van der Waals surface area contributed by atoms with Crippen LogP contribution >= 0.6 is 11.6 Å². The number of esters is 1. The number of carbonyl (C=O) groups excluding carboxylic acids is 1. The highest BCUT2D eigenvalue weighted by Gasteiger charge is 2.38. The van der Waals surface area contributed by atoms with Crippen LogP contribution in [0.15, 0.2) is 48.5 Å². The monoisotopic (exact) mass is 435 g/mol. The molecule has 0 radical (unpaired) electrons. The predicted octanol–water partition coefficient (Wildman–Crippen LogP) is 2.77. The summed E-state index contributed by atoms with van der Waals surface area (Å²) in [6, 6.07) is 13.3. The van der Waals surface area contributed by atoms with Crippen molar-refractivity contribution in [3.05, 3.63) is 64.7 Å². The number of benzene rings is 2. The molecule has 30 heavy (non-hydrogen) atoms. The zero-order valence-electron chi connectivity index (χ0n) is 16.9. The van der Waals surface area contributed by atoms with Crippen molar-refractivity contribution < 1.29 is 29.3 Å². The van der Waals surface area contributed by atoms with Gasteiger partial charge in [-0.15, -0.1) is 0 Å². The van der Waals surface area contributed by atoms with E-state index in [1.54, 1.807) is 31.2 Å². The highest BCUT2D eigenvalue weighted by atomic mass is 35.5. The topological polar surface area (TPSA) is 105 Å². The van der Waals surface area contributed by atoms with Crippen molar-refractivity contribution in [3.63, 3.8) is 0 Å². The van der Waals surface area contributed by atoms with Crippen LogP contribution in [0.2, 0.25) is 5.02 Å². The Labute approximate surface area is 180 Å². The lowest BCUT2D eigenvalue weighted by Crippen LogP contribution is -2.47. The Morgan fingerprint density at radius 1 is 1.20 bits per heavy atom. The number of ether oxygens (including phenoxy) is 2. The van der Waals surface area contributed by atoms with Gasteiger partial charge in [0.1, 0.15) is 5.75 Å². The molecular formula is C22H26ClNO6. The molecule has 0 aliphatic carbocycles. The molecule has 0 bridgehead atoms. The van der Waals surface area contributed by atoms with Crippen molar-refractivity contribution in [3.8, 4) is 5.75 Å². The van der Waals surface area contributed by atoms with E-state index >= 15 is 0 Å². The fourth-order valence-electron chi connectivity index (χ4n) is 2.86. The number of hydrogen-bond acceptors (Lipinski definition) is 6. The normalized spacial score (nSPS) is 13.9. The van der Waals surface area contributed by atoms with Gasteiger partial charge in [-0.2, -0.15) is 0 Å². The maximum absolute atomic E-state index is 11.7. The maximum Gasteiger partial charge on any atom is 0.344 e. The Morgan fingerprint density at radius 3 is 2.50 bits per heavy atom. The minimum Gasteiger partial charge on any atom is -0.482 e. The van der Waals surface area contributed by atoms with Gasteiger partial charge in [0, 0.05) is 17.6 Å². The molecule has 0 aromatic heterocycles. The lowest BCUT2D eigenvalue weighted by molar-refractivity contribution is -0.159. The van der Waals surface area contributed by atoms with E-state index in [2.05, 4.69) is 5.32 Å². The summed E-state index contributed by atoms with van der Waals surface area (Å²) in [5.74, 6) is -1.23. The van der Waals surface area contributed by atoms with Gasteiger partial charge in [0.05, 0.1) is 6.61 Å². The summed E-state index contributed by atoms with van der Waals surface area (Å²) in [4.78, 5) is 23.0. The molecule has 7 nitrogen and oxygen atoms in total. The fraction of sp³-hybridized carbons (Fsp3) is 0.364. The molecule has 2 atom stereocenters. The highest BCUT2D eigenvalue weighted by Crippen LogP contribution is 2.24. The maximum atomic E-state index is 11.7. The molecular weight excluding hydrogens is 410 g/mol. The van der Waals surface area contributed by atoms with E-state index in [9.17, 15) is 19.8 Å². The average Bonchev–Trinajstić information content (AvgIpc) is 2.71. The zero-order valence-corrected chi connectivity index (χ0v) is 17.7. The summed E-state index contributed by atoms with van der Waals surface area (Å²) < 4.78 is 10.2. The van der Waals surface area contributed by atoms with Crippen LogP contribution in [0.5, 0.6) is 5.75 Å². The van der Waals surface area contributed by atoms with E-state index in [4.69, 9.17) is 21.1 Å². The van der Waals surface area contributed by atoms with Crippen molar-refractivity contribution in [2.45, 2.75) is 31.9 Å². The molecule has 0 saturated heterocycles. The summed E-state index contributed by atoms with van der Waals surface area (Å²) >= 11 is 5.93. The van der Waals surface area contributed by atoms with Gasteiger partial charge in [-0.1, -0.05) is 35.9 Å². The number of aliphatic hydroxyl groups is 1. The van der Waals surface area contributed by atoms with Gasteiger partial charge in [0.2, 0.25) is 0 Å². The van der Waals surface area contributed by atoms with E-state index in [0.717, 1.165) is 5.56 Å². The van der Waals surface area contributed by atoms with Crippen LogP contribution in [0.25, 0.3) is 0 Å². The van der Waals surface area contributed by atoms with Crippen molar-refractivity contribution in [1.29, 1.82) is 0 Å². The Balaban J connectivity index is 1.92. The van der Waals surface area contributed by atoms with Crippen LogP contribution in [0, 0.1) is 0 Å². The number of halogens is 1. The van der Waals surface area contributed by atoms with E-state index in [1.165, 1.54) is 12.1 Å². The summed E-state index contributed by atoms with van der Waals surface area (Å²) in [5.41, 5.74) is -0.894. The fourth-order valence-corrected chi connectivity index (χ4v) is 3.05. The second-order valence-corrected chi connectivity index (χ2v) is 7.34. The van der Waals surface area contributed by atoms with Crippen LogP contribution in [-0.4, -0.2) is 48.0 Å². The standard InChI is InChI=1S/C22H26ClNO6/c1-3-29-20(25)13-30-19-9-7-16(8-10-19)11-15(2)24-14-22(28,21(26)27)17-5-4-6-18(23)12-17/h4-10,12,15,24,28H,3,11,13-14H2,1-2H3,(H,26,27). The van der Waals surface area contributed by atoms with Gasteiger partial charge in [-0.3, -0.25) is 0 Å². The number of rotatable bonds is 11. The molecule has 2 rings (SSSR count). The van der Waals surface area contributed by atoms with Crippen LogP contribution in [-0.2, 0) is 26.3 Å². The number of carboxylic acid groups (broad SMARTS) is 1. The van der Waals surface area contributed by atoms with Crippen LogP contribution in [0.1, 0.15) is 25.0 Å². The van der Waals surface area contributed by atoms with E-state index in [-0.39, 0.29) is 24.8 Å². The van der Waals surface area contributed by atoms with E-state index in [0.29, 0.717) is 23.8 Å². The molecule has 162 valence electrons. The molecule has 8 heteroatoms. The number of aliphatic carboxylic acids is 1. The Morgan fingerprint density at radius 2 is 1.90 bits per heavy atom. The van der Waals surface area contributed by atoms with Crippen molar-refractivity contribution in [2.75, 3.05) is 19.8 Å². The molecule has 0 saturated carbocycles. The Kier molecular flexibility index (Phi) is 8.65. The van der Waals surface area contributed by atoms with Crippen molar-refractivity contribution >= 4 is 23.5 Å². The zero-order chi connectivity index (χ0) is 22.1. The molecule has 2 unspecified atom stereocenters. The third-order valence-electron chi connectivity index (χ3n) is 4.49. The summed E-state index contributed by atoms with van der Waals surface area (Å²) in [5, 5.41) is 23.7. The van der Waals surface area contributed by atoms with Crippen LogP contribution < -0.4 is 10.1 Å². The summed E-state index contributed by atoms with van der Waals surface area (Å²) in [6.07, 6.45) is 0.601. The van der Waals surface area contributed by atoms with Gasteiger partial charge in [-0.05, 0) is 55.7 Å². The third-order valence-corrected chi connectivity index (χ3v) is 4.72. The minimum atomic E-state index is -2.09. The number of carboxylic acids is 1. The van der Waals surface area contributed by atoms with Crippen LogP contribution in [0.3, 0.4) is 0 Å². The molecule has 0 aliphatic heterocycles. The molecule has 2 aromatic carbocycles. The molecule has 0 aliphatic rings. The first-order valence-electron chi connectivity index (χ1n) is 9.57. The molecule has 2 aromatic rings. The third kappa shape index (κ3) is 6.73. The number of nitrogens with one attached hydrogen (secondary N) is 1. The predicted molar refractivity (Wildman–Crippen MR) is 113 cm³/mol. The largest absolute Gasteiger partial charge is 0.482 e. The number of hydrogen-bond donors (Lipinski definition) is 3. The molecule has 3 N–H and O–H groups in total. The minimum absolute atomic E-state index is 0.110. The van der Waals surface area contributed by atoms with E-state index in [1.807, 2.05) is 19.1 Å². The molecule has 0 spiro atoms. The quantitative estimate of drug-likeness (QED) is 0.466. The van der Waals surface area contributed by atoms with Gasteiger partial charge < -0.3 is 25.0 Å².